The standard InChI is InChI=1S/C18H25NOS/c1-11-8-14-15(9-18(4,5)10-16(14)20-11)19-13(3)17-7-6-12(2)21-17/h6-8,13,15,19H,9-10H2,1-5H3. The molecule has 0 bridgehead atoms. The second kappa shape index (κ2) is 5.29. The van der Waals surface area contributed by atoms with E-state index in [2.05, 4.69) is 58.1 Å². The van der Waals surface area contributed by atoms with Crippen molar-refractivity contribution >= 4 is 11.3 Å². The predicted molar refractivity (Wildman–Crippen MR) is 88.9 cm³/mol. The van der Waals surface area contributed by atoms with Gasteiger partial charge < -0.3 is 9.73 Å². The van der Waals surface area contributed by atoms with E-state index in [1.807, 2.05) is 11.3 Å². The highest BCUT2D eigenvalue weighted by Gasteiger charge is 2.35. The molecule has 2 atom stereocenters. The van der Waals surface area contributed by atoms with Gasteiger partial charge in [-0.25, -0.2) is 0 Å². The average molecular weight is 303 g/mol. The monoisotopic (exact) mass is 303 g/mol. The van der Waals surface area contributed by atoms with Crippen LogP contribution >= 0.6 is 11.3 Å². The molecule has 2 aromatic heterocycles. The van der Waals surface area contributed by atoms with Crippen LogP contribution in [-0.4, -0.2) is 0 Å². The van der Waals surface area contributed by atoms with E-state index in [9.17, 15) is 0 Å². The highest BCUT2D eigenvalue weighted by atomic mass is 32.1. The fraction of sp³-hybridized carbons (Fsp3) is 0.556. The third kappa shape index (κ3) is 3.09. The minimum Gasteiger partial charge on any atom is -0.466 e. The lowest BCUT2D eigenvalue weighted by Gasteiger charge is -2.36. The number of hydrogen-bond donors (Lipinski definition) is 1. The summed E-state index contributed by atoms with van der Waals surface area (Å²) in [5.74, 6) is 2.21. The van der Waals surface area contributed by atoms with Crippen molar-refractivity contribution in [2.75, 3.05) is 0 Å². The summed E-state index contributed by atoms with van der Waals surface area (Å²) in [6, 6.07) is 7.43. The number of hydrogen-bond acceptors (Lipinski definition) is 3. The molecule has 0 spiro atoms. The fourth-order valence-electron chi connectivity index (χ4n) is 3.40. The van der Waals surface area contributed by atoms with Crippen molar-refractivity contribution in [1.82, 2.24) is 5.32 Å². The van der Waals surface area contributed by atoms with Gasteiger partial charge >= 0.3 is 0 Å². The van der Waals surface area contributed by atoms with Crippen molar-refractivity contribution in [3.63, 3.8) is 0 Å². The molecular formula is C18H25NOS. The van der Waals surface area contributed by atoms with Crippen molar-refractivity contribution in [3.05, 3.63) is 45.0 Å². The quantitative estimate of drug-likeness (QED) is 0.830. The van der Waals surface area contributed by atoms with Crippen molar-refractivity contribution in [2.24, 2.45) is 5.41 Å². The van der Waals surface area contributed by atoms with Crippen LogP contribution < -0.4 is 5.32 Å². The van der Waals surface area contributed by atoms with Crippen LogP contribution in [0.25, 0.3) is 0 Å². The van der Waals surface area contributed by atoms with Gasteiger partial charge in [-0.1, -0.05) is 13.8 Å². The largest absolute Gasteiger partial charge is 0.466 e. The Morgan fingerprint density at radius 1 is 1.33 bits per heavy atom. The van der Waals surface area contributed by atoms with Crippen LogP contribution in [0.4, 0.5) is 0 Å². The molecule has 0 saturated carbocycles. The maximum Gasteiger partial charge on any atom is 0.109 e. The zero-order valence-corrected chi connectivity index (χ0v) is 14.4. The second-order valence-electron chi connectivity index (χ2n) is 7.17. The number of rotatable bonds is 3. The molecule has 0 fully saturated rings. The molecule has 2 aromatic rings. The predicted octanol–water partition coefficient (Wildman–Crippen LogP) is 5.32. The first kappa shape index (κ1) is 14.9. The molecular weight excluding hydrogens is 278 g/mol. The Balaban J connectivity index is 1.84. The molecule has 3 rings (SSSR count). The van der Waals surface area contributed by atoms with Gasteiger partial charge in [-0.3, -0.25) is 0 Å². The van der Waals surface area contributed by atoms with Crippen LogP contribution in [0.5, 0.6) is 0 Å². The van der Waals surface area contributed by atoms with E-state index in [-0.39, 0.29) is 0 Å². The van der Waals surface area contributed by atoms with Gasteiger partial charge in [-0.05, 0) is 50.8 Å². The first-order valence-electron chi connectivity index (χ1n) is 7.76. The second-order valence-corrected chi connectivity index (χ2v) is 8.49. The molecule has 0 saturated heterocycles. The molecule has 114 valence electrons. The Labute approximate surface area is 131 Å². The van der Waals surface area contributed by atoms with E-state index in [1.165, 1.54) is 21.1 Å². The number of furan rings is 1. The summed E-state index contributed by atoms with van der Waals surface area (Å²) in [6.07, 6.45) is 2.20. The van der Waals surface area contributed by atoms with Gasteiger partial charge in [0.15, 0.2) is 0 Å². The van der Waals surface area contributed by atoms with Crippen LogP contribution in [0.15, 0.2) is 22.6 Å². The maximum absolute atomic E-state index is 5.93. The van der Waals surface area contributed by atoms with Gasteiger partial charge in [0.1, 0.15) is 11.5 Å². The van der Waals surface area contributed by atoms with E-state index < -0.39 is 0 Å². The van der Waals surface area contributed by atoms with E-state index in [1.54, 1.807) is 0 Å². The lowest BCUT2D eigenvalue weighted by Crippen LogP contribution is -2.33. The summed E-state index contributed by atoms with van der Waals surface area (Å²) in [6.45, 7) is 11.2. The van der Waals surface area contributed by atoms with Gasteiger partial charge in [0.2, 0.25) is 0 Å². The van der Waals surface area contributed by atoms with E-state index in [0.29, 0.717) is 17.5 Å². The third-order valence-electron chi connectivity index (χ3n) is 4.38. The molecule has 1 aliphatic carbocycles. The summed E-state index contributed by atoms with van der Waals surface area (Å²) in [7, 11) is 0. The Hall–Kier alpha value is -1.06. The summed E-state index contributed by atoms with van der Waals surface area (Å²) in [5.41, 5.74) is 1.66. The zero-order valence-electron chi connectivity index (χ0n) is 13.6. The molecule has 0 aliphatic heterocycles. The van der Waals surface area contributed by atoms with Crippen molar-refractivity contribution in [2.45, 2.75) is 59.5 Å². The van der Waals surface area contributed by atoms with Crippen LogP contribution in [0.3, 0.4) is 0 Å². The van der Waals surface area contributed by atoms with Gasteiger partial charge in [0, 0.05) is 33.8 Å². The number of nitrogens with one attached hydrogen (secondary N) is 1. The average Bonchev–Trinajstić information content (AvgIpc) is 2.93. The molecule has 3 heteroatoms. The normalized spacial score (nSPS) is 22.0. The fourth-order valence-corrected chi connectivity index (χ4v) is 4.29. The van der Waals surface area contributed by atoms with Crippen LogP contribution in [0.2, 0.25) is 0 Å². The molecule has 0 radical (unpaired) electrons. The Morgan fingerprint density at radius 2 is 2.10 bits per heavy atom. The zero-order chi connectivity index (χ0) is 15.2. The van der Waals surface area contributed by atoms with E-state index >= 15 is 0 Å². The van der Waals surface area contributed by atoms with Crippen molar-refractivity contribution in [1.29, 1.82) is 0 Å². The highest BCUT2D eigenvalue weighted by molar-refractivity contribution is 7.12. The van der Waals surface area contributed by atoms with Gasteiger partial charge in [-0.2, -0.15) is 0 Å². The number of aryl methyl sites for hydroxylation is 2. The number of fused-ring (bicyclic) bond motifs is 1. The van der Waals surface area contributed by atoms with Crippen molar-refractivity contribution < 1.29 is 4.42 Å². The molecule has 1 N–H and O–H groups in total. The molecule has 2 nitrogen and oxygen atoms in total. The Morgan fingerprint density at radius 3 is 2.76 bits per heavy atom. The lowest BCUT2D eigenvalue weighted by molar-refractivity contribution is 0.227. The van der Waals surface area contributed by atoms with Gasteiger partial charge in [-0.15, -0.1) is 11.3 Å². The molecule has 0 aromatic carbocycles. The van der Waals surface area contributed by atoms with Crippen LogP contribution in [-0.2, 0) is 6.42 Å². The van der Waals surface area contributed by atoms with E-state index in [4.69, 9.17) is 4.42 Å². The third-order valence-corrected chi connectivity index (χ3v) is 5.56. The van der Waals surface area contributed by atoms with Crippen LogP contribution in [0, 0.1) is 19.3 Å². The Kier molecular flexibility index (Phi) is 3.74. The van der Waals surface area contributed by atoms with Crippen LogP contribution in [0.1, 0.15) is 66.1 Å². The Bertz CT molecular complexity index is 637. The highest BCUT2D eigenvalue weighted by Crippen LogP contribution is 2.43. The summed E-state index contributed by atoms with van der Waals surface area (Å²) < 4.78 is 5.93. The molecule has 0 amide bonds. The van der Waals surface area contributed by atoms with Gasteiger partial charge in [0.05, 0.1) is 0 Å². The molecule has 2 heterocycles. The van der Waals surface area contributed by atoms with Crippen molar-refractivity contribution in [3.8, 4) is 0 Å². The summed E-state index contributed by atoms with van der Waals surface area (Å²) in [5, 5.41) is 3.82. The first-order valence-corrected chi connectivity index (χ1v) is 8.57. The minimum absolute atomic E-state index is 0.292. The summed E-state index contributed by atoms with van der Waals surface area (Å²) in [4.78, 5) is 2.79. The molecule has 1 aliphatic rings. The maximum atomic E-state index is 5.93. The lowest BCUT2D eigenvalue weighted by atomic mass is 9.74. The SMILES string of the molecule is Cc1cc2c(o1)CC(C)(C)CC2NC(C)c1ccc(C)s1. The van der Waals surface area contributed by atoms with E-state index in [0.717, 1.165) is 18.6 Å². The number of thiophene rings is 1. The molecule has 2 unspecified atom stereocenters. The smallest absolute Gasteiger partial charge is 0.109 e. The van der Waals surface area contributed by atoms with Gasteiger partial charge in [0.25, 0.3) is 0 Å². The summed E-state index contributed by atoms with van der Waals surface area (Å²) >= 11 is 1.88. The topological polar surface area (TPSA) is 25.2 Å². The first-order chi connectivity index (χ1) is 9.84. The molecule has 21 heavy (non-hydrogen) atoms. The minimum atomic E-state index is 0.292.